The second-order valence-corrected chi connectivity index (χ2v) is 10.6. The summed E-state index contributed by atoms with van der Waals surface area (Å²) in [7, 11) is 0. The van der Waals surface area contributed by atoms with Gasteiger partial charge in [0.25, 0.3) is 0 Å². The quantitative estimate of drug-likeness (QED) is 0.214. The topological polar surface area (TPSA) is 92.6 Å². The third kappa shape index (κ3) is 6.07. The Hall–Kier alpha value is -4.77. The monoisotopic (exact) mass is 603 g/mol. The summed E-state index contributed by atoms with van der Waals surface area (Å²) in [4.78, 5) is 23.4. The number of piperidine rings is 1. The molecule has 0 aliphatic carbocycles. The van der Waals surface area contributed by atoms with Crippen LogP contribution in [0.25, 0.3) is 23.0 Å². The van der Waals surface area contributed by atoms with Crippen LogP contribution in [0.15, 0.2) is 91.4 Å². The summed E-state index contributed by atoms with van der Waals surface area (Å²) in [5.74, 6) is 0.168. The fraction of sp³-hybridized carbons (Fsp3) is 0.194. The van der Waals surface area contributed by atoms with Crippen LogP contribution in [-0.4, -0.2) is 47.5 Å². The van der Waals surface area contributed by atoms with Crippen molar-refractivity contribution < 1.29 is 18.0 Å². The van der Waals surface area contributed by atoms with Crippen molar-refractivity contribution in [3.05, 3.63) is 119 Å². The Bertz CT molecular complexity index is 1750. The molecule has 1 amide bonds. The van der Waals surface area contributed by atoms with Gasteiger partial charge in [-0.15, -0.1) is 5.10 Å². The van der Waals surface area contributed by atoms with Crippen molar-refractivity contribution in [2.45, 2.75) is 31.0 Å². The lowest BCUT2D eigenvalue weighted by atomic mass is 9.83. The van der Waals surface area contributed by atoms with Crippen LogP contribution in [0.5, 0.6) is 0 Å². The lowest BCUT2D eigenvalue weighted by Gasteiger charge is -2.40. The average molecular weight is 604 g/mol. The van der Waals surface area contributed by atoms with Crippen molar-refractivity contribution in [1.29, 1.82) is 0 Å². The number of likely N-dealkylation sites (tertiary alicyclic amines) is 1. The van der Waals surface area contributed by atoms with Gasteiger partial charge in [-0.3, -0.25) is 4.79 Å². The number of amides is 1. The van der Waals surface area contributed by atoms with Crippen molar-refractivity contribution in [3.63, 3.8) is 0 Å². The number of aromatic nitrogens is 6. The van der Waals surface area contributed by atoms with Crippen LogP contribution in [0.4, 0.5) is 13.2 Å². The molecule has 1 N–H and O–H groups in total. The molecule has 6 rings (SSSR count). The van der Waals surface area contributed by atoms with Gasteiger partial charge in [0.15, 0.2) is 0 Å². The van der Waals surface area contributed by atoms with Crippen LogP contribution in [0, 0.1) is 0 Å². The molecule has 3 aromatic carbocycles. The second-order valence-electron chi connectivity index (χ2n) is 10.2. The number of carbonyl (C=O) groups excluding carboxylic acids is 1. The van der Waals surface area contributed by atoms with Crippen molar-refractivity contribution in [1.82, 2.24) is 35.1 Å². The molecular weight excluding hydrogens is 579 g/mol. The van der Waals surface area contributed by atoms with Gasteiger partial charge in [-0.25, -0.2) is 4.98 Å². The Balaban J connectivity index is 1.36. The number of carbonyl (C=O) groups is 1. The van der Waals surface area contributed by atoms with Crippen LogP contribution in [0.2, 0.25) is 5.02 Å². The first-order valence-electron chi connectivity index (χ1n) is 13.6. The van der Waals surface area contributed by atoms with Gasteiger partial charge in [-0.05, 0) is 65.2 Å². The third-order valence-corrected chi connectivity index (χ3v) is 7.74. The van der Waals surface area contributed by atoms with Gasteiger partial charge in [-0.1, -0.05) is 54.1 Å². The van der Waals surface area contributed by atoms with Crippen LogP contribution in [0.3, 0.4) is 0 Å². The number of benzene rings is 3. The largest absolute Gasteiger partial charge is 0.416 e. The Morgan fingerprint density at radius 3 is 2.65 bits per heavy atom. The third-order valence-electron chi connectivity index (χ3n) is 7.51. The van der Waals surface area contributed by atoms with E-state index in [2.05, 4.69) is 25.5 Å². The molecule has 1 aliphatic heterocycles. The van der Waals surface area contributed by atoms with Crippen LogP contribution in [-0.2, 0) is 11.0 Å². The molecular formula is C31H25ClF3N7O. The zero-order valence-electron chi connectivity index (χ0n) is 22.6. The molecule has 2 atom stereocenters. The van der Waals surface area contributed by atoms with Crippen molar-refractivity contribution in [3.8, 4) is 16.9 Å². The highest BCUT2D eigenvalue weighted by Gasteiger charge is 2.38. The summed E-state index contributed by atoms with van der Waals surface area (Å²) >= 11 is 6.25. The predicted octanol–water partition coefficient (Wildman–Crippen LogP) is 6.89. The Morgan fingerprint density at radius 2 is 1.88 bits per heavy atom. The van der Waals surface area contributed by atoms with Crippen LogP contribution in [0.1, 0.15) is 47.3 Å². The van der Waals surface area contributed by atoms with Gasteiger partial charge >= 0.3 is 6.18 Å². The molecule has 3 heterocycles. The molecule has 2 aromatic heterocycles. The standard InChI is InChI=1S/C31H25ClF3N7O/c32-24-12-13-27(42-19-37-39-40-42)22(17-24)11-14-28(43)41-15-5-10-25(20-6-2-1-3-7-20)29(41)30-36-18-26(38-30)21-8-4-9-23(16-21)31(33,34)35/h1-4,6-9,11-14,16-19,25,29H,5,10,15H2,(H,36,38). The minimum absolute atomic E-state index is 0.0873. The van der Waals surface area contributed by atoms with E-state index in [0.717, 1.165) is 30.5 Å². The minimum atomic E-state index is -4.47. The number of nitrogens with zero attached hydrogens (tertiary/aromatic N) is 6. The van der Waals surface area contributed by atoms with E-state index < -0.39 is 17.8 Å². The number of hydrogen-bond donors (Lipinski definition) is 1. The molecule has 0 bridgehead atoms. The number of nitrogens with one attached hydrogen (secondary N) is 1. The normalized spacial score (nSPS) is 17.4. The predicted molar refractivity (Wildman–Crippen MR) is 155 cm³/mol. The second kappa shape index (κ2) is 11.8. The van der Waals surface area contributed by atoms with Crippen LogP contribution >= 0.6 is 11.6 Å². The number of alkyl halides is 3. The summed E-state index contributed by atoms with van der Waals surface area (Å²) in [5, 5.41) is 11.8. The fourth-order valence-corrected chi connectivity index (χ4v) is 5.70. The molecule has 2 unspecified atom stereocenters. The number of tetrazole rings is 1. The molecule has 1 saturated heterocycles. The Morgan fingerprint density at radius 1 is 1.05 bits per heavy atom. The van der Waals surface area contributed by atoms with Crippen molar-refractivity contribution >= 4 is 23.6 Å². The molecule has 0 spiro atoms. The SMILES string of the molecule is O=C(C=Cc1cc(Cl)ccc1-n1cnnn1)N1CCCC(c2ccccc2)C1c1ncc(-c2cccc(C(F)(F)F)c2)[nH]1. The average Bonchev–Trinajstić information content (AvgIpc) is 3.73. The number of H-pyrrole nitrogens is 1. The number of hydrogen-bond acceptors (Lipinski definition) is 5. The molecule has 5 aromatic rings. The first-order chi connectivity index (χ1) is 20.8. The summed E-state index contributed by atoms with van der Waals surface area (Å²) in [6.07, 6.45) is 3.23. The summed E-state index contributed by atoms with van der Waals surface area (Å²) in [6.45, 7) is 0.478. The smallest absolute Gasteiger partial charge is 0.340 e. The number of aromatic amines is 1. The lowest BCUT2D eigenvalue weighted by molar-refractivity contribution is -0.137. The zero-order chi connectivity index (χ0) is 30.0. The van der Waals surface area contributed by atoms with E-state index in [4.69, 9.17) is 11.6 Å². The lowest BCUT2D eigenvalue weighted by Crippen LogP contribution is -2.41. The van der Waals surface area contributed by atoms with Crippen LogP contribution < -0.4 is 0 Å². The van der Waals surface area contributed by atoms with Gasteiger partial charge in [0, 0.05) is 34.7 Å². The molecule has 1 fully saturated rings. The van der Waals surface area contributed by atoms with Gasteiger partial charge in [0.05, 0.1) is 29.2 Å². The summed E-state index contributed by atoms with van der Waals surface area (Å²) < 4.78 is 41.6. The van der Waals surface area contributed by atoms with E-state index in [0.29, 0.717) is 39.9 Å². The van der Waals surface area contributed by atoms with E-state index in [1.54, 1.807) is 35.2 Å². The van der Waals surface area contributed by atoms with E-state index in [1.807, 2.05) is 30.3 Å². The highest BCUT2D eigenvalue weighted by atomic mass is 35.5. The molecule has 1 aliphatic rings. The molecule has 0 radical (unpaired) electrons. The Labute approximate surface area is 249 Å². The summed E-state index contributed by atoms with van der Waals surface area (Å²) in [5.41, 5.74) is 2.38. The highest BCUT2D eigenvalue weighted by Crippen LogP contribution is 2.42. The molecule has 8 nitrogen and oxygen atoms in total. The maximum Gasteiger partial charge on any atom is 0.416 e. The van der Waals surface area contributed by atoms with E-state index in [1.165, 1.54) is 29.3 Å². The first-order valence-corrected chi connectivity index (χ1v) is 13.9. The van der Waals surface area contributed by atoms with E-state index in [9.17, 15) is 18.0 Å². The van der Waals surface area contributed by atoms with Gasteiger partial charge in [0.1, 0.15) is 12.2 Å². The molecule has 0 saturated carbocycles. The van der Waals surface area contributed by atoms with E-state index >= 15 is 0 Å². The first kappa shape index (κ1) is 28.4. The van der Waals surface area contributed by atoms with Crippen molar-refractivity contribution in [2.75, 3.05) is 6.54 Å². The maximum absolute atomic E-state index is 13.8. The zero-order valence-corrected chi connectivity index (χ0v) is 23.4. The molecule has 12 heteroatoms. The van der Waals surface area contributed by atoms with E-state index in [-0.39, 0.29) is 11.8 Å². The highest BCUT2D eigenvalue weighted by molar-refractivity contribution is 6.30. The maximum atomic E-state index is 13.8. The molecule has 43 heavy (non-hydrogen) atoms. The number of rotatable bonds is 6. The fourth-order valence-electron chi connectivity index (χ4n) is 5.52. The minimum Gasteiger partial charge on any atom is -0.340 e. The molecule has 218 valence electrons. The van der Waals surface area contributed by atoms with Crippen molar-refractivity contribution in [2.24, 2.45) is 0 Å². The summed E-state index contributed by atoms with van der Waals surface area (Å²) in [6, 6.07) is 19.7. The Kier molecular flexibility index (Phi) is 7.81. The van der Waals surface area contributed by atoms with Gasteiger partial charge < -0.3 is 9.88 Å². The van der Waals surface area contributed by atoms with Gasteiger partial charge in [-0.2, -0.15) is 17.9 Å². The van der Waals surface area contributed by atoms with Gasteiger partial charge in [0.2, 0.25) is 5.91 Å². The number of imidazole rings is 1. The number of halogens is 4.